The summed E-state index contributed by atoms with van der Waals surface area (Å²) in [6.45, 7) is 4.22. The molecule has 1 saturated heterocycles. The normalized spacial score (nSPS) is 20.1. The van der Waals surface area contributed by atoms with Crippen molar-refractivity contribution >= 4 is 23.6 Å². The molecular weight excluding hydrogens is 344 g/mol. The lowest BCUT2D eigenvalue weighted by Gasteiger charge is -2.14. The van der Waals surface area contributed by atoms with E-state index in [2.05, 4.69) is 0 Å². The number of hydrogen-bond acceptors (Lipinski definition) is 7. The van der Waals surface area contributed by atoms with Gasteiger partial charge in [-0.05, 0) is 0 Å². The molecule has 1 unspecified atom stereocenters. The molecule has 26 heavy (non-hydrogen) atoms. The van der Waals surface area contributed by atoms with Gasteiger partial charge in [0.25, 0.3) is 11.8 Å². The Labute approximate surface area is 151 Å². The van der Waals surface area contributed by atoms with E-state index >= 15 is 0 Å². The van der Waals surface area contributed by atoms with Crippen molar-refractivity contribution in [1.29, 1.82) is 0 Å². The molecule has 9 heteroatoms. The number of hydrogen-bond donors (Lipinski definition) is 0. The number of rotatable bonds is 12. The van der Waals surface area contributed by atoms with Gasteiger partial charge < -0.3 is 14.2 Å². The molecule has 1 fully saturated rings. The highest BCUT2D eigenvalue weighted by Crippen LogP contribution is 2.17. The number of nitrogens with zero attached hydrogens (tertiary/aromatic N) is 2. The van der Waals surface area contributed by atoms with Gasteiger partial charge in [-0.3, -0.25) is 29.0 Å². The van der Waals surface area contributed by atoms with Gasteiger partial charge in [0.05, 0.1) is 52.7 Å². The van der Waals surface area contributed by atoms with Gasteiger partial charge in [-0.25, -0.2) is 0 Å². The summed E-state index contributed by atoms with van der Waals surface area (Å²) in [7, 11) is 0. The third kappa shape index (κ3) is 5.72. The monoisotopic (exact) mass is 368 g/mol. The van der Waals surface area contributed by atoms with Crippen molar-refractivity contribution in [3.8, 4) is 0 Å². The van der Waals surface area contributed by atoms with Crippen LogP contribution in [0.2, 0.25) is 0 Å². The van der Waals surface area contributed by atoms with Gasteiger partial charge in [-0.1, -0.05) is 6.92 Å². The summed E-state index contributed by atoms with van der Waals surface area (Å²) in [5.41, 5.74) is 0. The second kappa shape index (κ2) is 10.1. The minimum absolute atomic E-state index is 0.139. The summed E-state index contributed by atoms with van der Waals surface area (Å²) in [6.07, 6.45) is 2.75. The molecule has 9 nitrogen and oxygen atoms in total. The zero-order chi connectivity index (χ0) is 18.9. The Kier molecular flexibility index (Phi) is 7.89. The average Bonchev–Trinajstić information content (AvgIpc) is 3.05. The van der Waals surface area contributed by atoms with E-state index in [-0.39, 0.29) is 62.3 Å². The third-order valence-electron chi connectivity index (χ3n) is 4.03. The van der Waals surface area contributed by atoms with E-state index in [0.717, 1.165) is 4.90 Å². The van der Waals surface area contributed by atoms with E-state index in [1.165, 1.54) is 17.1 Å². The first-order valence-electron chi connectivity index (χ1n) is 8.61. The summed E-state index contributed by atoms with van der Waals surface area (Å²) in [5.74, 6) is -1.16. The van der Waals surface area contributed by atoms with Gasteiger partial charge >= 0.3 is 0 Å². The molecule has 2 aliphatic rings. The summed E-state index contributed by atoms with van der Waals surface area (Å²) >= 11 is 0. The van der Waals surface area contributed by atoms with Crippen molar-refractivity contribution in [2.75, 3.05) is 52.7 Å². The second-order valence-corrected chi connectivity index (χ2v) is 5.99. The van der Waals surface area contributed by atoms with E-state index in [0.29, 0.717) is 26.4 Å². The predicted molar refractivity (Wildman–Crippen MR) is 88.8 cm³/mol. The maximum Gasteiger partial charge on any atom is 0.253 e. The molecule has 0 spiro atoms. The van der Waals surface area contributed by atoms with Crippen LogP contribution in [0.1, 0.15) is 13.3 Å². The van der Waals surface area contributed by atoms with E-state index < -0.39 is 0 Å². The van der Waals surface area contributed by atoms with Crippen LogP contribution in [-0.2, 0) is 33.4 Å². The van der Waals surface area contributed by atoms with Crippen molar-refractivity contribution in [2.24, 2.45) is 5.92 Å². The predicted octanol–water partition coefficient (Wildman–Crippen LogP) is -0.644. The lowest BCUT2D eigenvalue weighted by atomic mass is 10.1. The Morgan fingerprint density at radius 2 is 1.27 bits per heavy atom. The molecule has 1 atom stereocenters. The van der Waals surface area contributed by atoms with Crippen LogP contribution in [0, 0.1) is 5.92 Å². The van der Waals surface area contributed by atoms with Crippen LogP contribution in [0.15, 0.2) is 12.2 Å². The highest BCUT2D eigenvalue weighted by Gasteiger charge is 2.34. The van der Waals surface area contributed by atoms with Crippen LogP contribution in [0.5, 0.6) is 0 Å². The Morgan fingerprint density at radius 3 is 1.73 bits per heavy atom. The van der Waals surface area contributed by atoms with Gasteiger partial charge in [-0.2, -0.15) is 0 Å². The number of carbonyl (C=O) groups is 4. The maximum atomic E-state index is 11.7. The summed E-state index contributed by atoms with van der Waals surface area (Å²) < 4.78 is 16.0. The highest BCUT2D eigenvalue weighted by atomic mass is 16.5. The summed E-state index contributed by atoms with van der Waals surface area (Å²) in [4.78, 5) is 48.2. The zero-order valence-electron chi connectivity index (χ0n) is 14.8. The first kappa shape index (κ1) is 20.2. The number of imide groups is 2. The van der Waals surface area contributed by atoms with Crippen LogP contribution in [0.4, 0.5) is 0 Å². The molecule has 0 aromatic carbocycles. The number of carbonyl (C=O) groups excluding carboxylic acids is 4. The molecule has 144 valence electrons. The van der Waals surface area contributed by atoms with Crippen molar-refractivity contribution < 1.29 is 33.4 Å². The largest absolute Gasteiger partial charge is 0.377 e. The average molecular weight is 368 g/mol. The molecule has 2 heterocycles. The van der Waals surface area contributed by atoms with Gasteiger partial charge in [0, 0.05) is 24.5 Å². The molecular formula is C17H24N2O7. The van der Waals surface area contributed by atoms with Crippen molar-refractivity contribution in [3.05, 3.63) is 12.2 Å². The molecule has 4 amide bonds. The summed E-state index contributed by atoms with van der Waals surface area (Å²) in [5, 5.41) is 0. The van der Waals surface area contributed by atoms with Gasteiger partial charge in [0.2, 0.25) is 11.8 Å². The SMILES string of the molecule is CC1CC(=O)N(CCOCCOCCOCCN2C(=O)C=CC2=O)C1=O. The van der Waals surface area contributed by atoms with E-state index in [4.69, 9.17) is 14.2 Å². The molecule has 0 saturated carbocycles. The Morgan fingerprint density at radius 1 is 0.808 bits per heavy atom. The fourth-order valence-corrected chi connectivity index (χ4v) is 2.59. The third-order valence-corrected chi connectivity index (χ3v) is 4.03. The molecule has 0 radical (unpaired) electrons. The molecule has 2 aliphatic heterocycles. The van der Waals surface area contributed by atoms with Crippen LogP contribution < -0.4 is 0 Å². The Balaban J connectivity index is 1.38. The number of amides is 4. The number of likely N-dealkylation sites (tertiary alicyclic amines) is 1. The Bertz CT molecular complexity index is 557. The zero-order valence-corrected chi connectivity index (χ0v) is 14.8. The summed E-state index contributed by atoms with van der Waals surface area (Å²) in [6, 6.07) is 0. The molecule has 0 aromatic heterocycles. The van der Waals surface area contributed by atoms with Crippen LogP contribution in [-0.4, -0.2) is 86.2 Å². The van der Waals surface area contributed by atoms with Crippen LogP contribution in [0.3, 0.4) is 0 Å². The molecule has 0 aliphatic carbocycles. The van der Waals surface area contributed by atoms with Crippen LogP contribution in [0.25, 0.3) is 0 Å². The molecule has 2 rings (SSSR count). The topological polar surface area (TPSA) is 102 Å². The minimum atomic E-state index is -0.321. The van der Waals surface area contributed by atoms with Gasteiger partial charge in [0.1, 0.15) is 0 Å². The van der Waals surface area contributed by atoms with Crippen LogP contribution >= 0.6 is 0 Å². The second-order valence-electron chi connectivity index (χ2n) is 5.99. The van der Waals surface area contributed by atoms with Gasteiger partial charge in [-0.15, -0.1) is 0 Å². The quantitative estimate of drug-likeness (QED) is 0.333. The molecule has 0 bridgehead atoms. The van der Waals surface area contributed by atoms with E-state index in [9.17, 15) is 19.2 Å². The first-order chi connectivity index (χ1) is 12.5. The lowest BCUT2D eigenvalue weighted by Crippen LogP contribution is -2.33. The smallest absolute Gasteiger partial charge is 0.253 e. The van der Waals surface area contributed by atoms with Crippen molar-refractivity contribution in [2.45, 2.75) is 13.3 Å². The van der Waals surface area contributed by atoms with E-state index in [1.54, 1.807) is 6.92 Å². The van der Waals surface area contributed by atoms with E-state index in [1.807, 2.05) is 0 Å². The van der Waals surface area contributed by atoms with Crippen molar-refractivity contribution in [1.82, 2.24) is 9.80 Å². The first-order valence-corrected chi connectivity index (χ1v) is 8.61. The Hall–Kier alpha value is -2.10. The highest BCUT2D eigenvalue weighted by molar-refractivity contribution is 6.12. The maximum absolute atomic E-state index is 11.7. The fraction of sp³-hybridized carbons (Fsp3) is 0.647. The lowest BCUT2D eigenvalue weighted by molar-refractivity contribution is -0.140. The number of ether oxygens (including phenoxy) is 3. The fourth-order valence-electron chi connectivity index (χ4n) is 2.59. The van der Waals surface area contributed by atoms with Gasteiger partial charge in [0.15, 0.2) is 0 Å². The van der Waals surface area contributed by atoms with Crippen molar-refractivity contribution in [3.63, 3.8) is 0 Å². The minimum Gasteiger partial charge on any atom is -0.377 e. The molecule has 0 N–H and O–H groups in total. The molecule has 0 aromatic rings. The standard InChI is InChI=1S/C17H24N2O7/c1-13-12-16(22)19(17(13)23)5-7-25-9-11-26-10-8-24-6-4-18-14(20)2-3-15(18)21/h2-3,13H,4-12H2,1H3.